The molecule has 19 heavy (non-hydrogen) atoms. The van der Waals surface area contributed by atoms with Gasteiger partial charge in [0.15, 0.2) is 0 Å². The van der Waals surface area contributed by atoms with Gasteiger partial charge in [-0.1, -0.05) is 20.8 Å². The lowest BCUT2D eigenvalue weighted by Gasteiger charge is -2.20. The summed E-state index contributed by atoms with van der Waals surface area (Å²) in [4.78, 5) is 25.9. The molecule has 1 aromatic carbocycles. The van der Waals surface area contributed by atoms with Crippen LogP contribution in [0.4, 0.5) is 0 Å². The molecule has 1 heterocycles. The number of nitrogens with zero attached hydrogens (tertiary/aromatic N) is 1. The lowest BCUT2D eigenvalue weighted by molar-refractivity contribution is 0.0697. The molecule has 0 aliphatic heterocycles. The zero-order valence-electron chi connectivity index (χ0n) is 11.3. The minimum Gasteiger partial charge on any atom is -0.478 e. The van der Waals surface area contributed by atoms with E-state index in [0.29, 0.717) is 17.0 Å². The number of hydrogen-bond donors (Lipinski definition) is 2. The predicted molar refractivity (Wildman–Crippen MR) is 73.7 cm³/mol. The van der Waals surface area contributed by atoms with Crippen LogP contribution in [0.2, 0.25) is 0 Å². The molecule has 0 spiro atoms. The Balaban J connectivity index is 2.71. The molecule has 0 fully saturated rings. The number of rotatable bonds is 4. The third kappa shape index (κ3) is 2.28. The van der Waals surface area contributed by atoms with E-state index in [1.807, 2.05) is 6.92 Å². The Labute approximate surface area is 110 Å². The van der Waals surface area contributed by atoms with Crippen LogP contribution in [0, 0.1) is 5.92 Å². The fraction of sp³-hybridized carbons (Fsp3) is 0.429. The van der Waals surface area contributed by atoms with Gasteiger partial charge in [-0.3, -0.25) is 4.57 Å². The number of benzene rings is 1. The first kappa shape index (κ1) is 13.4. The van der Waals surface area contributed by atoms with Crippen LogP contribution in [0.3, 0.4) is 0 Å². The Bertz CT molecular complexity index is 667. The van der Waals surface area contributed by atoms with Gasteiger partial charge in [-0.25, -0.2) is 9.59 Å². The average Bonchev–Trinajstić information content (AvgIpc) is 2.66. The average molecular weight is 262 g/mol. The van der Waals surface area contributed by atoms with Crippen LogP contribution in [-0.4, -0.2) is 20.6 Å². The van der Waals surface area contributed by atoms with Gasteiger partial charge in [-0.05, 0) is 30.5 Å². The first-order valence-corrected chi connectivity index (χ1v) is 6.43. The number of aromatic amines is 1. The molecule has 1 aromatic heterocycles. The Hall–Kier alpha value is -2.04. The number of carbonyl (C=O) groups is 1. The summed E-state index contributed by atoms with van der Waals surface area (Å²) in [7, 11) is 0. The van der Waals surface area contributed by atoms with E-state index in [4.69, 9.17) is 5.11 Å². The molecule has 5 nitrogen and oxygen atoms in total. The van der Waals surface area contributed by atoms with E-state index in [1.54, 1.807) is 16.7 Å². The lowest BCUT2D eigenvalue weighted by Crippen LogP contribution is -2.25. The van der Waals surface area contributed by atoms with Gasteiger partial charge in [-0.15, -0.1) is 0 Å². The summed E-state index contributed by atoms with van der Waals surface area (Å²) >= 11 is 0. The SMILES string of the molecule is CCC(C(C)C)n1c(=O)[nH]c2ccc(C(=O)O)cc21. The smallest absolute Gasteiger partial charge is 0.335 e. The molecule has 0 aliphatic rings. The van der Waals surface area contributed by atoms with Crippen molar-refractivity contribution in [1.29, 1.82) is 0 Å². The minimum atomic E-state index is -0.986. The van der Waals surface area contributed by atoms with Crippen molar-refractivity contribution in [3.63, 3.8) is 0 Å². The van der Waals surface area contributed by atoms with Gasteiger partial charge >= 0.3 is 11.7 Å². The molecule has 2 aromatic rings. The largest absolute Gasteiger partial charge is 0.478 e. The first-order chi connectivity index (χ1) is 8.95. The molecular weight excluding hydrogens is 244 g/mol. The molecule has 0 saturated carbocycles. The van der Waals surface area contributed by atoms with Crippen molar-refractivity contribution in [2.75, 3.05) is 0 Å². The van der Waals surface area contributed by atoms with E-state index in [0.717, 1.165) is 6.42 Å². The van der Waals surface area contributed by atoms with Crippen LogP contribution in [0.1, 0.15) is 43.6 Å². The Morgan fingerprint density at radius 1 is 1.42 bits per heavy atom. The quantitative estimate of drug-likeness (QED) is 0.889. The maximum absolute atomic E-state index is 12.1. The summed E-state index contributed by atoms with van der Waals surface area (Å²) in [6, 6.07) is 4.76. The van der Waals surface area contributed by atoms with E-state index >= 15 is 0 Å². The Kier molecular flexibility index (Phi) is 3.46. The number of aromatic carboxylic acids is 1. The van der Waals surface area contributed by atoms with Crippen LogP contribution in [0.25, 0.3) is 11.0 Å². The molecular formula is C14H18N2O3. The van der Waals surface area contributed by atoms with E-state index in [1.165, 1.54) is 6.07 Å². The summed E-state index contributed by atoms with van der Waals surface area (Å²) in [5, 5.41) is 9.05. The first-order valence-electron chi connectivity index (χ1n) is 6.43. The number of carboxylic acid groups (broad SMARTS) is 1. The number of H-pyrrole nitrogens is 1. The monoisotopic (exact) mass is 262 g/mol. The van der Waals surface area contributed by atoms with Crippen molar-refractivity contribution in [2.45, 2.75) is 33.2 Å². The van der Waals surface area contributed by atoms with Gasteiger partial charge in [0.05, 0.1) is 16.6 Å². The maximum atomic E-state index is 12.1. The molecule has 2 rings (SSSR count). The highest BCUT2D eigenvalue weighted by Gasteiger charge is 2.19. The Morgan fingerprint density at radius 3 is 2.63 bits per heavy atom. The predicted octanol–water partition coefficient (Wildman–Crippen LogP) is 2.63. The van der Waals surface area contributed by atoms with Crippen molar-refractivity contribution in [3.8, 4) is 0 Å². The molecule has 1 atom stereocenters. The highest BCUT2D eigenvalue weighted by molar-refractivity contribution is 5.92. The molecule has 102 valence electrons. The molecule has 0 saturated heterocycles. The van der Waals surface area contributed by atoms with Gasteiger partial charge in [0.25, 0.3) is 0 Å². The summed E-state index contributed by atoms with van der Waals surface area (Å²) in [5.74, 6) is -0.685. The Morgan fingerprint density at radius 2 is 2.11 bits per heavy atom. The van der Waals surface area contributed by atoms with Gasteiger partial charge in [-0.2, -0.15) is 0 Å². The van der Waals surface area contributed by atoms with Gasteiger partial charge in [0.2, 0.25) is 0 Å². The molecule has 5 heteroatoms. The summed E-state index contributed by atoms with van der Waals surface area (Å²) in [6.45, 7) is 6.14. The van der Waals surface area contributed by atoms with Crippen molar-refractivity contribution < 1.29 is 9.90 Å². The third-order valence-corrected chi connectivity index (χ3v) is 3.48. The number of nitrogens with one attached hydrogen (secondary N) is 1. The number of imidazole rings is 1. The van der Waals surface area contributed by atoms with Crippen LogP contribution >= 0.6 is 0 Å². The minimum absolute atomic E-state index is 0.0605. The summed E-state index contributed by atoms with van der Waals surface area (Å²) in [5.41, 5.74) is 1.34. The second-order valence-corrected chi connectivity index (χ2v) is 5.06. The van der Waals surface area contributed by atoms with Crippen molar-refractivity contribution in [1.82, 2.24) is 9.55 Å². The lowest BCUT2D eigenvalue weighted by atomic mass is 10.0. The summed E-state index contributed by atoms with van der Waals surface area (Å²) < 4.78 is 1.67. The molecule has 0 amide bonds. The molecule has 0 aliphatic carbocycles. The summed E-state index contributed by atoms with van der Waals surface area (Å²) in [6.07, 6.45) is 0.821. The molecule has 2 N–H and O–H groups in total. The van der Waals surface area contributed by atoms with Gasteiger partial charge < -0.3 is 10.1 Å². The second kappa shape index (κ2) is 4.91. The molecule has 1 unspecified atom stereocenters. The topological polar surface area (TPSA) is 75.1 Å². The van der Waals surface area contributed by atoms with Crippen LogP contribution < -0.4 is 5.69 Å². The van der Waals surface area contributed by atoms with Crippen molar-refractivity contribution in [2.24, 2.45) is 5.92 Å². The van der Waals surface area contributed by atoms with E-state index in [2.05, 4.69) is 18.8 Å². The van der Waals surface area contributed by atoms with Gasteiger partial charge in [0.1, 0.15) is 0 Å². The molecule has 0 radical (unpaired) electrons. The fourth-order valence-corrected chi connectivity index (χ4v) is 2.54. The number of hydrogen-bond acceptors (Lipinski definition) is 2. The number of aromatic nitrogens is 2. The van der Waals surface area contributed by atoms with E-state index < -0.39 is 5.97 Å². The van der Waals surface area contributed by atoms with E-state index in [9.17, 15) is 9.59 Å². The highest BCUT2D eigenvalue weighted by atomic mass is 16.4. The second-order valence-electron chi connectivity index (χ2n) is 5.06. The number of carboxylic acids is 1. The van der Waals surface area contributed by atoms with E-state index in [-0.39, 0.29) is 17.3 Å². The highest BCUT2D eigenvalue weighted by Crippen LogP contribution is 2.24. The standard InChI is InChI=1S/C14H18N2O3/c1-4-11(8(2)3)16-12-7-9(13(17)18)5-6-10(12)15-14(16)19/h5-8,11H,4H2,1-3H3,(H,15,19)(H,17,18). The van der Waals surface area contributed by atoms with Crippen LogP contribution in [0.15, 0.2) is 23.0 Å². The zero-order chi connectivity index (χ0) is 14.2. The van der Waals surface area contributed by atoms with Crippen LogP contribution in [-0.2, 0) is 0 Å². The third-order valence-electron chi connectivity index (χ3n) is 3.48. The zero-order valence-corrected chi connectivity index (χ0v) is 11.3. The fourth-order valence-electron chi connectivity index (χ4n) is 2.54. The van der Waals surface area contributed by atoms with Crippen molar-refractivity contribution in [3.05, 3.63) is 34.2 Å². The number of fused-ring (bicyclic) bond motifs is 1. The van der Waals surface area contributed by atoms with Crippen LogP contribution in [0.5, 0.6) is 0 Å². The van der Waals surface area contributed by atoms with Crippen molar-refractivity contribution >= 4 is 17.0 Å². The normalized spacial score (nSPS) is 13.1. The maximum Gasteiger partial charge on any atom is 0.335 e. The molecule has 0 bridgehead atoms. The van der Waals surface area contributed by atoms with Gasteiger partial charge in [0, 0.05) is 6.04 Å².